The van der Waals surface area contributed by atoms with Crippen molar-refractivity contribution in [1.82, 2.24) is 0 Å². The Morgan fingerprint density at radius 2 is 2.50 bits per heavy atom. The van der Waals surface area contributed by atoms with Gasteiger partial charge in [0.15, 0.2) is 0 Å². The van der Waals surface area contributed by atoms with Crippen LogP contribution in [0.5, 0.6) is 0 Å². The largest absolute Gasteiger partial charge is 0.469 e. The monoisotopic (exact) mass is 213 g/mol. The van der Waals surface area contributed by atoms with Crippen LogP contribution in [-0.2, 0) is 16.0 Å². The van der Waals surface area contributed by atoms with E-state index >= 15 is 0 Å². The maximum Gasteiger partial charge on any atom is 0.316 e. The van der Waals surface area contributed by atoms with Crippen LogP contribution in [0.4, 0.5) is 0 Å². The fourth-order valence-corrected chi connectivity index (χ4v) is 1.25. The molecule has 4 nitrogen and oxygen atoms in total. The van der Waals surface area contributed by atoms with Gasteiger partial charge in [0.1, 0.15) is 11.7 Å². The maximum absolute atomic E-state index is 11.2. The summed E-state index contributed by atoms with van der Waals surface area (Å²) >= 11 is 4.77. The number of thiocarbonyl (C=S) groups is 1. The number of carbonyl (C=O) groups is 1. The second kappa shape index (κ2) is 4.76. The number of hydrogen-bond donors (Lipinski definition) is 1. The third-order valence-electron chi connectivity index (χ3n) is 1.81. The summed E-state index contributed by atoms with van der Waals surface area (Å²) in [6, 6.07) is 3.50. The number of carbonyl (C=O) groups excluding carboxylic acids is 1. The lowest BCUT2D eigenvalue weighted by molar-refractivity contribution is -0.143. The van der Waals surface area contributed by atoms with Crippen LogP contribution in [0.15, 0.2) is 22.8 Å². The van der Waals surface area contributed by atoms with E-state index in [1.807, 2.05) is 0 Å². The normalized spacial score (nSPS) is 12.1. The SMILES string of the molecule is COC(=O)C(Cc1ccco1)C(N)=S. The van der Waals surface area contributed by atoms with Gasteiger partial charge in [-0.25, -0.2) is 0 Å². The first-order valence-corrected chi connectivity index (χ1v) is 4.45. The van der Waals surface area contributed by atoms with Gasteiger partial charge >= 0.3 is 5.97 Å². The highest BCUT2D eigenvalue weighted by molar-refractivity contribution is 7.80. The Morgan fingerprint density at radius 3 is 2.93 bits per heavy atom. The van der Waals surface area contributed by atoms with Crippen molar-refractivity contribution in [3.05, 3.63) is 24.2 Å². The highest BCUT2D eigenvalue weighted by Gasteiger charge is 2.23. The van der Waals surface area contributed by atoms with Gasteiger partial charge in [-0.15, -0.1) is 0 Å². The van der Waals surface area contributed by atoms with Crippen molar-refractivity contribution in [3.8, 4) is 0 Å². The average molecular weight is 213 g/mol. The zero-order chi connectivity index (χ0) is 10.6. The number of hydrogen-bond acceptors (Lipinski definition) is 4. The molecule has 0 aliphatic carbocycles. The maximum atomic E-state index is 11.2. The van der Waals surface area contributed by atoms with Crippen molar-refractivity contribution in [2.24, 2.45) is 11.7 Å². The summed E-state index contributed by atoms with van der Waals surface area (Å²) in [7, 11) is 1.30. The number of methoxy groups -OCH3 is 1. The van der Waals surface area contributed by atoms with Crippen LogP contribution in [-0.4, -0.2) is 18.1 Å². The van der Waals surface area contributed by atoms with Crippen LogP contribution in [0.2, 0.25) is 0 Å². The van der Waals surface area contributed by atoms with E-state index in [0.717, 1.165) is 0 Å². The molecule has 1 aromatic heterocycles. The molecule has 0 saturated carbocycles. The summed E-state index contributed by atoms with van der Waals surface area (Å²) < 4.78 is 9.66. The summed E-state index contributed by atoms with van der Waals surface area (Å²) in [5.41, 5.74) is 5.42. The minimum atomic E-state index is -0.610. The Morgan fingerprint density at radius 1 is 1.79 bits per heavy atom. The Kier molecular flexibility index (Phi) is 3.64. The lowest BCUT2D eigenvalue weighted by atomic mass is 10.0. The van der Waals surface area contributed by atoms with Crippen LogP contribution in [0.1, 0.15) is 5.76 Å². The van der Waals surface area contributed by atoms with E-state index in [1.54, 1.807) is 12.1 Å². The molecule has 0 aromatic carbocycles. The second-order valence-corrected chi connectivity index (χ2v) is 3.23. The Hall–Kier alpha value is -1.36. The summed E-state index contributed by atoms with van der Waals surface area (Å²) in [4.78, 5) is 11.4. The second-order valence-electron chi connectivity index (χ2n) is 2.76. The van der Waals surface area contributed by atoms with Crippen molar-refractivity contribution in [2.45, 2.75) is 6.42 Å². The molecule has 2 N–H and O–H groups in total. The van der Waals surface area contributed by atoms with Gasteiger partial charge in [-0.2, -0.15) is 0 Å². The van der Waals surface area contributed by atoms with Gasteiger partial charge in [-0.1, -0.05) is 12.2 Å². The Labute approximate surface area is 87.0 Å². The van der Waals surface area contributed by atoms with Crippen molar-refractivity contribution in [3.63, 3.8) is 0 Å². The number of furan rings is 1. The summed E-state index contributed by atoms with van der Waals surface area (Å²) in [6.45, 7) is 0. The van der Waals surface area contributed by atoms with E-state index in [2.05, 4.69) is 4.74 Å². The van der Waals surface area contributed by atoms with E-state index in [9.17, 15) is 4.79 Å². The molecule has 76 valence electrons. The number of ether oxygens (including phenoxy) is 1. The van der Waals surface area contributed by atoms with Crippen molar-refractivity contribution < 1.29 is 13.9 Å². The van der Waals surface area contributed by atoms with Gasteiger partial charge in [0.25, 0.3) is 0 Å². The molecule has 0 fully saturated rings. The van der Waals surface area contributed by atoms with Crippen molar-refractivity contribution in [2.75, 3.05) is 7.11 Å². The van der Waals surface area contributed by atoms with Crippen LogP contribution >= 0.6 is 12.2 Å². The molecule has 0 bridgehead atoms. The molecule has 0 amide bonds. The predicted molar refractivity (Wildman–Crippen MR) is 54.7 cm³/mol. The summed E-state index contributed by atoms with van der Waals surface area (Å²) in [6.07, 6.45) is 1.87. The van der Waals surface area contributed by atoms with Crippen LogP contribution in [0.3, 0.4) is 0 Å². The molecular formula is C9H11NO3S. The third kappa shape index (κ3) is 2.56. The quantitative estimate of drug-likeness (QED) is 0.594. The smallest absolute Gasteiger partial charge is 0.316 e. The van der Waals surface area contributed by atoms with E-state index in [0.29, 0.717) is 12.2 Å². The number of nitrogens with two attached hydrogens (primary N) is 1. The van der Waals surface area contributed by atoms with Gasteiger partial charge < -0.3 is 14.9 Å². The lowest BCUT2D eigenvalue weighted by Crippen LogP contribution is -2.31. The molecule has 14 heavy (non-hydrogen) atoms. The molecule has 1 atom stereocenters. The molecule has 0 spiro atoms. The highest BCUT2D eigenvalue weighted by atomic mass is 32.1. The fraction of sp³-hybridized carbons (Fsp3) is 0.333. The molecular weight excluding hydrogens is 202 g/mol. The highest BCUT2D eigenvalue weighted by Crippen LogP contribution is 2.11. The first-order valence-electron chi connectivity index (χ1n) is 4.04. The van der Waals surface area contributed by atoms with E-state index in [1.165, 1.54) is 13.4 Å². The molecule has 0 radical (unpaired) electrons. The molecule has 1 heterocycles. The Bertz CT molecular complexity index is 321. The van der Waals surface area contributed by atoms with Crippen molar-refractivity contribution >= 4 is 23.2 Å². The topological polar surface area (TPSA) is 65.5 Å². The van der Waals surface area contributed by atoms with E-state index < -0.39 is 11.9 Å². The zero-order valence-electron chi connectivity index (χ0n) is 7.73. The molecule has 1 unspecified atom stereocenters. The first kappa shape index (κ1) is 10.7. The van der Waals surface area contributed by atoms with E-state index in [4.69, 9.17) is 22.4 Å². The molecule has 0 saturated heterocycles. The minimum absolute atomic E-state index is 0.119. The standard InChI is InChI=1S/C9H11NO3S/c1-12-9(11)7(8(10)14)5-6-3-2-4-13-6/h2-4,7H,5H2,1H3,(H2,10,14). The van der Waals surface area contributed by atoms with Crippen LogP contribution < -0.4 is 5.73 Å². The lowest BCUT2D eigenvalue weighted by Gasteiger charge is -2.10. The summed E-state index contributed by atoms with van der Waals surface area (Å²) in [5.74, 6) is -0.386. The predicted octanol–water partition coefficient (Wildman–Crippen LogP) is 0.897. The molecule has 5 heteroatoms. The van der Waals surface area contributed by atoms with Crippen LogP contribution in [0.25, 0.3) is 0 Å². The molecule has 1 rings (SSSR count). The number of rotatable bonds is 4. The Balaban J connectivity index is 2.70. The van der Waals surface area contributed by atoms with Crippen LogP contribution in [0, 0.1) is 5.92 Å². The molecule has 0 aliphatic rings. The number of esters is 1. The molecule has 1 aromatic rings. The van der Waals surface area contributed by atoms with Gasteiger partial charge in [0.2, 0.25) is 0 Å². The average Bonchev–Trinajstić information content (AvgIpc) is 2.65. The third-order valence-corrected chi connectivity index (χ3v) is 2.10. The van der Waals surface area contributed by atoms with Gasteiger partial charge in [0.05, 0.1) is 18.4 Å². The van der Waals surface area contributed by atoms with E-state index in [-0.39, 0.29) is 4.99 Å². The summed E-state index contributed by atoms with van der Waals surface area (Å²) in [5, 5.41) is 0. The van der Waals surface area contributed by atoms with Crippen molar-refractivity contribution in [1.29, 1.82) is 0 Å². The fourth-order valence-electron chi connectivity index (χ4n) is 1.07. The van der Waals surface area contributed by atoms with Gasteiger partial charge in [0, 0.05) is 6.42 Å². The minimum Gasteiger partial charge on any atom is -0.469 e. The molecule has 0 aliphatic heterocycles. The van der Waals surface area contributed by atoms with Gasteiger partial charge in [-0.05, 0) is 12.1 Å². The zero-order valence-corrected chi connectivity index (χ0v) is 8.54. The van der Waals surface area contributed by atoms with Gasteiger partial charge in [-0.3, -0.25) is 4.79 Å². The first-order chi connectivity index (χ1) is 6.65.